The summed E-state index contributed by atoms with van der Waals surface area (Å²) >= 11 is 0. The molecule has 0 saturated heterocycles. The maximum absolute atomic E-state index is 8.34. The molecule has 62 valence electrons. The highest BCUT2D eigenvalue weighted by Crippen LogP contribution is 1.91. The molecule has 0 heterocycles. The highest BCUT2D eigenvalue weighted by molar-refractivity contribution is 5.95. The zero-order valence-electron chi connectivity index (χ0n) is 6.91. The molecule has 12 heavy (non-hydrogen) atoms. The number of nitrogens with two attached hydrogens (primary N) is 1. The van der Waals surface area contributed by atoms with E-state index in [4.69, 9.17) is 16.3 Å². The number of hydrogen-bond acceptors (Lipinski definition) is 4. The van der Waals surface area contributed by atoms with Crippen LogP contribution in [0.1, 0.15) is 13.3 Å². The average Bonchev–Trinajstić information content (AvgIpc) is 2.11. The molecular weight excluding hydrogens is 152 g/mol. The summed E-state index contributed by atoms with van der Waals surface area (Å²) in [7, 11) is 0. The van der Waals surface area contributed by atoms with Gasteiger partial charge in [-0.1, -0.05) is 6.92 Å². The lowest BCUT2D eigenvalue weighted by Crippen LogP contribution is -2.00. The van der Waals surface area contributed by atoms with Gasteiger partial charge in [0, 0.05) is 5.71 Å². The van der Waals surface area contributed by atoms with Crippen LogP contribution in [0.3, 0.4) is 0 Å². The summed E-state index contributed by atoms with van der Waals surface area (Å²) < 4.78 is 0. The molecule has 4 nitrogen and oxygen atoms in total. The van der Waals surface area contributed by atoms with Crippen LogP contribution in [-0.2, 0) is 0 Å². The average molecular weight is 162 g/mol. The molecule has 0 aromatic heterocycles. The summed E-state index contributed by atoms with van der Waals surface area (Å²) in [4.78, 5) is 3.90. The number of hydrogen-bond donors (Lipinski definition) is 1. The number of nitrogens with zero attached hydrogens (tertiary/aromatic N) is 3. The first-order valence-corrected chi connectivity index (χ1v) is 3.52. The zero-order valence-corrected chi connectivity index (χ0v) is 6.91. The molecule has 0 aromatic rings. The lowest BCUT2D eigenvalue weighted by molar-refractivity contribution is 1.18. The molecule has 0 fully saturated rings. The molecule has 0 atom stereocenters. The van der Waals surface area contributed by atoms with E-state index in [0.29, 0.717) is 12.1 Å². The Morgan fingerprint density at radius 1 is 1.58 bits per heavy atom. The predicted molar refractivity (Wildman–Crippen MR) is 46.1 cm³/mol. The molecule has 0 aliphatic rings. The van der Waals surface area contributed by atoms with Gasteiger partial charge in [-0.15, -0.1) is 0 Å². The van der Waals surface area contributed by atoms with Gasteiger partial charge in [-0.2, -0.15) is 10.5 Å². The normalized spacial score (nSPS) is 11.9. The molecule has 0 spiro atoms. The topological polar surface area (TPSA) is 86.0 Å². The molecule has 4 heteroatoms. The lowest BCUT2D eigenvalue weighted by Gasteiger charge is -1.93. The molecule has 0 aromatic carbocycles. The van der Waals surface area contributed by atoms with E-state index in [1.807, 2.05) is 13.0 Å². The van der Waals surface area contributed by atoms with Crippen molar-refractivity contribution in [2.75, 3.05) is 6.54 Å². The van der Waals surface area contributed by atoms with Crippen molar-refractivity contribution in [2.45, 2.75) is 13.3 Å². The Morgan fingerprint density at radius 3 is 2.67 bits per heavy atom. The molecular formula is C8H10N4. The number of allylic oxidation sites excluding steroid dienone is 2. The third kappa shape index (κ3) is 4.08. The molecule has 0 unspecified atom stereocenters. The van der Waals surface area contributed by atoms with Crippen LogP contribution in [-0.4, -0.2) is 12.3 Å². The predicted octanol–water partition coefficient (Wildman–Crippen LogP) is 0.727. The van der Waals surface area contributed by atoms with Gasteiger partial charge in [0.05, 0.1) is 6.07 Å². The smallest absolute Gasteiger partial charge is 0.126 e. The van der Waals surface area contributed by atoms with Crippen LogP contribution in [0.5, 0.6) is 0 Å². The first-order valence-electron chi connectivity index (χ1n) is 3.52. The molecule has 0 aliphatic carbocycles. The summed E-state index contributed by atoms with van der Waals surface area (Å²) in [6.07, 6.45) is 2.15. The Labute approximate surface area is 71.6 Å². The van der Waals surface area contributed by atoms with Gasteiger partial charge >= 0.3 is 0 Å². The van der Waals surface area contributed by atoms with Gasteiger partial charge in [-0.05, 0) is 12.5 Å². The Bertz CT molecular complexity index is 274. The molecule has 0 bridgehead atoms. The highest BCUT2D eigenvalue weighted by atomic mass is 14.7. The minimum Gasteiger partial charge on any atom is -0.390 e. The van der Waals surface area contributed by atoms with Crippen LogP contribution >= 0.6 is 0 Å². The quantitative estimate of drug-likeness (QED) is 0.377. The fourth-order valence-corrected chi connectivity index (χ4v) is 0.608. The fraction of sp³-hybridized carbons (Fsp3) is 0.375. The van der Waals surface area contributed by atoms with E-state index in [9.17, 15) is 0 Å². The molecule has 0 radical (unpaired) electrons. The minimum atomic E-state index is 0.110. The van der Waals surface area contributed by atoms with Crippen LogP contribution in [0.2, 0.25) is 0 Å². The lowest BCUT2D eigenvalue weighted by atomic mass is 10.2. The van der Waals surface area contributed by atoms with Crippen molar-refractivity contribution in [3.8, 4) is 12.1 Å². The molecule has 0 saturated carbocycles. The van der Waals surface area contributed by atoms with Gasteiger partial charge in [-0.25, -0.2) is 0 Å². The van der Waals surface area contributed by atoms with Crippen LogP contribution in [0.4, 0.5) is 0 Å². The van der Waals surface area contributed by atoms with Crippen molar-refractivity contribution in [1.29, 1.82) is 10.5 Å². The van der Waals surface area contributed by atoms with Crippen molar-refractivity contribution < 1.29 is 0 Å². The maximum Gasteiger partial charge on any atom is 0.126 e. The monoisotopic (exact) mass is 162 g/mol. The summed E-state index contributed by atoms with van der Waals surface area (Å²) in [6.45, 7) is 2.00. The number of rotatable bonds is 3. The zero-order chi connectivity index (χ0) is 9.40. The second kappa shape index (κ2) is 5.94. The van der Waals surface area contributed by atoms with E-state index in [1.165, 1.54) is 6.08 Å². The summed E-state index contributed by atoms with van der Waals surface area (Å²) in [5, 5.41) is 16.6. The van der Waals surface area contributed by atoms with Crippen LogP contribution in [0.25, 0.3) is 0 Å². The van der Waals surface area contributed by atoms with Gasteiger partial charge in [0.15, 0.2) is 0 Å². The van der Waals surface area contributed by atoms with Crippen LogP contribution < -0.4 is 5.73 Å². The van der Waals surface area contributed by atoms with Crippen molar-refractivity contribution in [3.05, 3.63) is 11.8 Å². The minimum absolute atomic E-state index is 0.110. The third-order valence-electron chi connectivity index (χ3n) is 1.17. The van der Waals surface area contributed by atoms with Gasteiger partial charge in [0.2, 0.25) is 0 Å². The maximum atomic E-state index is 8.34. The molecule has 0 rings (SSSR count). The SMILES string of the molecule is CCC(C=C(N)C#N)=NCC#N. The summed E-state index contributed by atoms with van der Waals surface area (Å²) in [5.41, 5.74) is 6.05. The van der Waals surface area contributed by atoms with E-state index >= 15 is 0 Å². The van der Waals surface area contributed by atoms with Crippen molar-refractivity contribution in [2.24, 2.45) is 10.7 Å². The largest absolute Gasteiger partial charge is 0.390 e. The Morgan fingerprint density at radius 2 is 2.25 bits per heavy atom. The third-order valence-corrected chi connectivity index (χ3v) is 1.17. The Kier molecular flexibility index (Phi) is 5.04. The van der Waals surface area contributed by atoms with E-state index in [1.54, 1.807) is 6.07 Å². The molecule has 0 aliphatic heterocycles. The first-order chi connectivity index (χ1) is 5.74. The molecule has 2 N–H and O–H groups in total. The van der Waals surface area contributed by atoms with Gasteiger partial charge < -0.3 is 5.73 Å². The van der Waals surface area contributed by atoms with E-state index in [2.05, 4.69) is 4.99 Å². The van der Waals surface area contributed by atoms with Crippen molar-refractivity contribution >= 4 is 5.71 Å². The second-order valence-electron chi connectivity index (χ2n) is 2.03. The summed E-state index contributed by atoms with van der Waals surface area (Å²) in [6, 6.07) is 3.66. The van der Waals surface area contributed by atoms with Gasteiger partial charge in [-0.3, -0.25) is 4.99 Å². The van der Waals surface area contributed by atoms with E-state index in [-0.39, 0.29) is 12.2 Å². The Hall–Kier alpha value is -1.81. The highest BCUT2D eigenvalue weighted by Gasteiger charge is 1.92. The van der Waals surface area contributed by atoms with Crippen molar-refractivity contribution in [1.82, 2.24) is 0 Å². The Balaban J connectivity index is 4.41. The van der Waals surface area contributed by atoms with Crippen LogP contribution in [0.15, 0.2) is 16.8 Å². The number of aliphatic imine (C=N–C) groups is 1. The van der Waals surface area contributed by atoms with Crippen molar-refractivity contribution in [3.63, 3.8) is 0 Å². The van der Waals surface area contributed by atoms with E-state index < -0.39 is 0 Å². The second-order valence-corrected chi connectivity index (χ2v) is 2.03. The summed E-state index contributed by atoms with van der Waals surface area (Å²) in [5.74, 6) is 0. The van der Waals surface area contributed by atoms with Crippen LogP contribution in [0, 0.1) is 22.7 Å². The van der Waals surface area contributed by atoms with Gasteiger partial charge in [0.1, 0.15) is 18.3 Å². The number of nitriles is 2. The van der Waals surface area contributed by atoms with E-state index in [0.717, 1.165) is 0 Å². The first kappa shape index (κ1) is 10.2. The molecule has 0 amide bonds. The standard InChI is InChI=1S/C8H10N4/c1-2-8(12-4-3-9)5-7(11)6-10/h5H,2,4,11H2,1H3. The fourth-order valence-electron chi connectivity index (χ4n) is 0.608. The van der Waals surface area contributed by atoms with Gasteiger partial charge in [0.25, 0.3) is 0 Å².